The minimum atomic E-state index is -3.58. The molecule has 1 unspecified atom stereocenters. The van der Waals surface area contributed by atoms with Gasteiger partial charge in [-0.15, -0.1) is 0 Å². The highest BCUT2D eigenvalue weighted by Crippen LogP contribution is 2.40. The first-order valence-corrected chi connectivity index (χ1v) is 8.38. The molecule has 21 heavy (non-hydrogen) atoms. The molecule has 1 atom stereocenters. The highest BCUT2D eigenvalue weighted by Gasteiger charge is 2.51. The van der Waals surface area contributed by atoms with E-state index >= 15 is 0 Å². The maximum Gasteiger partial charge on any atom is 0.269 e. The molecule has 7 nitrogen and oxygen atoms in total. The molecule has 1 spiro atoms. The molecule has 0 amide bonds. The highest BCUT2D eigenvalue weighted by molar-refractivity contribution is 7.89. The van der Waals surface area contributed by atoms with Crippen LogP contribution in [-0.4, -0.2) is 42.8 Å². The lowest BCUT2D eigenvalue weighted by molar-refractivity contribution is -0.384. The summed E-state index contributed by atoms with van der Waals surface area (Å²) in [6.07, 6.45) is 2.70. The Kier molecular flexibility index (Phi) is 3.46. The Hall–Kier alpha value is -1.51. The number of non-ortho nitro benzene ring substituents is 1. The molecule has 0 radical (unpaired) electrons. The summed E-state index contributed by atoms with van der Waals surface area (Å²) in [6.45, 7) is 2.12. The maximum atomic E-state index is 12.7. The molecule has 2 fully saturated rings. The number of hydrogen-bond acceptors (Lipinski definition) is 5. The number of sulfonamides is 1. The van der Waals surface area contributed by atoms with E-state index < -0.39 is 14.9 Å². The Bertz CT molecular complexity index is 650. The molecule has 2 heterocycles. The van der Waals surface area contributed by atoms with Crippen molar-refractivity contribution in [3.05, 3.63) is 34.4 Å². The Labute approximate surface area is 123 Å². The molecule has 1 N–H and O–H groups in total. The number of nitro benzene ring substituents is 1. The number of nitrogens with one attached hydrogen (secondary N) is 1. The first-order chi connectivity index (χ1) is 9.96. The van der Waals surface area contributed by atoms with Crippen LogP contribution in [0.5, 0.6) is 0 Å². The average Bonchev–Trinajstić information content (AvgIpc) is 2.46. The van der Waals surface area contributed by atoms with E-state index in [1.54, 1.807) is 4.31 Å². The number of benzene rings is 1. The van der Waals surface area contributed by atoms with Crippen LogP contribution < -0.4 is 5.32 Å². The summed E-state index contributed by atoms with van der Waals surface area (Å²) in [4.78, 5) is 10.2. The number of piperidine rings is 1. The molecule has 0 aromatic heterocycles. The molecule has 1 aromatic rings. The normalized spacial score (nSPS) is 26.5. The Morgan fingerprint density at radius 1 is 1.24 bits per heavy atom. The number of rotatable bonds is 3. The molecule has 0 bridgehead atoms. The minimum absolute atomic E-state index is 0.105. The van der Waals surface area contributed by atoms with E-state index in [4.69, 9.17) is 0 Å². The maximum absolute atomic E-state index is 12.7. The quantitative estimate of drug-likeness (QED) is 0.667. The topological polar surface area (TPSA) is 92.5 Å². The van der Waals surface area contributed by atoms with Crippen LogP contribution in [-0.2, 0) is 10.0 Å². The smallest absolute Gasteiger partial charge is 0.269 e. The summed E-state index contributed by atoms with van der Waals surface area (Å²) in [6, 6.07) is 5.10. The predicted molar refractivity (Wildman–Crippen MR) is 76.4 cm³/mol. The molecule has 3 rings (SSSR count). The van der Waals surface area contributed by atoms with Crippen molar-refractivity contribution in [3.63, 3.8) is 0 Å². The third-order valence-electron chi connectivity index (χ3n) is 4.39. The molecule has 0 saturated carbocycles. The van der Waals surface area contributed by atoms with E-state index in [1.165, 1.54) is 24.3 Å². The second kappa shape index (κ2) is 5.04. The van der Waals surface area contributed by atoms with Gasteiger partial charge in [-0.25, -0.2) is 8.42 Å². The lowest BCUT2D eigenvalue weighted by atomic mass is 9.81. The van der Waals surface area contributed by atoms with Crippen molar-refractivity contribution >= 4 is 15.7 Å². The van der Waals surface area contributed by atoms with Crippen molar-refractivity contribution in [2.45, 2.75) is 29.7 Å². The van der Waals surface area contributed by atoms with Crippen LogP contribution in [0.2, 0.25) is 0 Å². The first-order valence-electron chi connectivity index (χ1n) is 6.94. The van der Waals surface area contributed by atoms with Gasteiger partial charge in [0.25, 0.3) is 5.69 Å². The van der Waals surface area contributed by atoms with E-state index in [2.05, 4.69) is 5.32 Å². The first kappa shape index (κ1) is 14.4. The molecule has 2 aliphatic rings. The van der Waals surface area contributed by atoms with Crippen LogP contribution in [0.1, 0.15) is 19.3 Å². The molecule has 2 saturated heterocycles. The monoisotopic (exact) mass is 311 g/mol. The Morgan fingerprint density at radius 2 is 1.95 bits per heavy atom. The number of nitro groups is 1. The summed E-state index contributed by atoms with van der Waals surface area (Å²) in [5.41, 5.74) is -0.412. The van der Waals surface area contributed by atoms with Crippen LogP contribution in [0.4, 0.5) is 5.69 Å². The lowest BCUT2D eigenvalue weighted by Crippen LogP contribution is -2.67. The van der Waals surface area contributed by atoms with Gasteiger partial charge < -0.3 is 5.32 Å². The number of nitrogens with zero attached hydrogens (tertiary/aromatic N) is 2. The van der Waals surface area contributed by atoms with Gasteiger partial charge in [0.1, 0.15) is 0 Å². The van der Waals surface area contributed by atoms with Crippen molar-refractivity contribution in [1.82, 2.24) is 9.62 Å². The van der Waals surface area contributed by atoms with Gasteiger partial charge in [-0.1, -0.05) is 0 Å². The second-order valence-corrected chi connectivity index (χ2v) is 7.45. The fraction of sp³-hybridized carbons (Fsp3) is 0.538. The Balaban J connectivity index is 1.88. The molecule has 0 aliphatic carbocycles. The van der Waals surface area contributed by atoms with Gasteiger partial charge in [0.15, 0.2) is 0 Å². The molecule has 2 aliphatic heterocycles. The lowest BCUT2D eigenvalue weighted by Gasteiger charge is -2.53. The fourth-order valence-corrected chi connectivity index (χ4v) is 4.96. The zero-order valence-corrected chi connectivity index (χ0v) is 12.3. The van der Waals surface area contributed by atoms with Gasteiger partial charge in [0, 0.05) is 30.8 Å². The van der Waals surface area contributed by atoms with Gasteiger partial charge in [-0.2, -0.15) is 4.31 Å². The van der Waals surface area contributed by atoms with Crippen molar-refractivity contribution < 1.29 is 13.3 Å². The zero-order chi connectivity index (χ0) is 15.1. The summed E-state index contributed by atoms with van der Waals surface area (Å²) in [5, 5.41) is 13.9. The third kappa shape index (κ3) is 2.33. The van der Waals surface area contributed by atoms with Crippen LogP contribution >= 0.6 is 0 Å². The zero-order valence-electron chi connectivity index (χ0n) is 11.5. The van der Waals surface area contributed by atoms with Gasteiger partial charge in [0.2, 0.25) is 10.0 Å². The highest BCUT2D eigenvalue weighted by atomic mass is 32.2. The van der Waals surface area contributed by atoms with Crippen molar-refractivity contribution in [3.8, 4) is 0 Å². The fourth-order valence-electron chi connectivity index (χ4n) is 3.14. The average molecular weight is 311 g/mol. The summed E-state index contributed by atoms with van der Waals surface area (Å²) >= 11 is 0. The minimum Gasteiger partial charge on any atom is -0.315 e. The van der Waals surface area contributed by atoms with Crippen LogP contribution in [0.3, 0.4) is 0 Å². The van der Waals surface area contributed by atoms with E-state index in [1.807, 2.05) is 0 Å². The van der Waals surface area contributed by atoms with Crippen molar-refractivity contribution in [2.24, 2.45) is 0 Å². The van der Waals surface area contributed by atoms with Crippen LogP contribution in [0.25, 0.3) is 0 Å². The molecule has 114 valence electrons. The largest absolute Gasteiger partial charge is 0.315 e. The second-order valence-electron chi connectivity index (χ2n) is 5.58. The summed E-state index contributed by atoms with van der Waals surface area (Å²) in [5.74, 6) is 0. The standard InChI is InChI=1S/C13H17N3O4S/c17-16(18)11-2-4-12(5-3-11)21(19,20)15-9-7-13(15)6-1-8-14-10-13/h2-5,14H,1,6-10H2. The van der Waals surface area contributed by atoms with E-state index in [-0.39, 0.29) is 16.1 Å². The number of hydrogen-bond donors (Lipinski definition) is 1. The van der Waals surface area contributed by atoms with Gasteiger partial charge in [-0.05, 0) is 37.9 Å². The van der Waals surface area contributed by atoms with E-state index in [0.29, 0.717) is 13.1 Å². The Morgan fingerprint density at radius 3 is 2.43 bits per heavy atom. The molecule has 1 aromatic carbocycles. The summed E-state index contributed by atoms with van der Waals surface area (Å²) < 4.78 is 26.9. The molecular formula is C13H17N3O4S. The van der Waals surface area contributed by atoms with Crippen molar-refractivity contribution in [1.29, 1.82) is 0 Å². The third-order valence-corrected chi connectivity index (χ3v) is 6.41. The van der Waals surface area contributed by atoms with Crippen LogP contribution in [0, 0.1) is 10.1 Å². The van der Waals surface area contributed by atoms with E-state index in [0.717, 1.165) is 25.8 Å². The molecule has 8 heteroatoms. The van der Waals surface area contributed by atoms with E-state index in [9.17, 15) is 18.5 Å². The van der Waals surface area contributed by atoms with Gasteiger partial charge in [0.05, 0.1) is 9.82 Å². The molecular weight excluding hydrogens is 294 g/mol. The van der Waals surface area contributed by atoms with Gasteiger partial charge >= 0.3 is 0 Å². The SMILES string of the molecule is O=[N+]([O-])c1ccc(S(=O)(=O)N2CCC23CCCNC3)cc1. The van der Waals surface area contributed by atoms with Gasteiger partial charge in [-0.3, -0.25) is 10.1 Å². The predicted octanol–water partition coefficient (Wildman–Crippen LogP) is 1.11. The van der Waals surface area contributed by atoms with Crippen molar-refractivity contribution in [2.75, 3.05) is 19.6 Å². The van der Waals surface area contributed by atoms with Crippen LogP contribution in [0.15, 0.2) is 29.2 Å². The summed E-state index contributed by atoms with van der Waals surface area (Å²) in [7, 11) is -3.58.